The summed E-state index contributed by atoms with van der Waals surface area (Å²) in [6.07, 6.45) is 0.270. The van der Waals surface area contributed by atoms with E-state index in [1.54, 1.807) is 20.8 Å². The van der Waals surface area contributed by atoms with Gasteiger partial charge in [-0.2, -0.15) is 0 Å². The SMILES string of the molecule is CC(C)(C)OC(=O)C1C=C(c2c(F)cc(N3C[C@H](CO)OC3=O)cc2F)CCN1. The molecule has 1 aromatic rings. The van der Waals surface area contributed by atoms with Crippen molar-refractivity contribution in [3.8, 4) is 0 Å². The van der Waals surface area contributed by atoms with Crippen molar-refractivity contribution >= 4 is 23.3 Å². The highest BCUT2D eigenvalue weighted by atomic mass is 19.1. The minimum atomic E-state index is -0.851. The molecule has 3 rings (SSSR count). The van der Waals surface area contributed by atoms with Crippen molar-refractivity contribution in [1.82, 2.24) is 5.32 Å². The van der Waals surface area contributed by atoms with Crippen LogP contribution >= 0.6 is 0 Å². The van der Waals surface area contributed by atoms with Gasteiger partial charge in [0.05, 0.1) is 18.8 Å². The van der Waals surface area contributed by atoms with Gasteiger partial charge in [0.25, 0.3) is 0 Å². The molecule has 2 heterocycles. The topological polar surface area (TPSA) is 88.1 Å². The molecule has 1 aromatic carbocycles. The lowest BCUT2D eigenvalue weighted by Gasteiger charge is -2.26. The van der Waals surface area contributed by atoms with Crippen molar-refractivity contribution in [1.29, 1.82) is 0 Å². The first-order chi connectivity index (χ1) is 13.6. The van der Waals surface area contributed by atoms with Gasteiger partial charge in [-0.25, -0.2) is 18.4 Å². The van der Waals surface area contributed by atoms with Crippen LogP contribution in [-0.4, -0.2) is 54.6 Å². The molecule has 0 saturated carbocycles. The fraction of sp³-hybridized carbons (Fsp3) is 0.500. The second-order valence-electron chi connectivity index (χ2n) is 7.99. The summed E-state index contributed by atoms with van der Waals surface area (Å²) in [4.78, 5) is 25.2. The Bertz CT molecular complexity index is 827. The summed E-state index contributed by atoms with van der Waals surface area (Å²) in [5.74, 6) is -2.23. The monoisotopic (exact) mass is 410 g/mol. The molecule has 2 atom stereocenters. The number of ether oxygens (including phenoxy) is 2. The maximum absolute atomic E-state index is 14.8. The highest BCUT2D eigenvalue weighted by molar-refractivity contribution is 5.90. The van der Waals surface area contributed by atoms with Crippen molar-refractivity contribution in [2.75, 3.05) is 24.6 Å². The molecule has 158 valence electrons. The number of cyclic esters (lactones) is 1. The van der Waals surface area contributed by atoms with Crippen molar-refractivity contribution in [3.05, 3.63) is 35.4 Å². The Balaban J connectivity index is 1.87. The van der Waals surface area contributed by atoms with E-state index in [9.17, 15) is 18.4 Å². The molecule has 1 amide bonds. The third kappa shape index (κ3) is 4.73. The normalized spacial score (nSPS) is 22.3. The van der Waals surface area contributed by atoms with E-state index in [1.807, 2.05) is 0 Å². The standard InChI is InChI=1S/C20H24F2N2O5/c1-20(2,3)29-18(26)16-6-11(4-5-23-16)17-14(21)7-12(8-15(17)22)24-9-13(10-25)28-19(24)27/h6-8,13,16,23,25H,4-5,9-10H2,1-3H3/t13-,16?/m1/s1. The fourth-order valence-corrected chi connectivity index (χ4v) is 3.28. The lowest BCUT2D eigenvalue weighted by atomic mass is 9.95. The molecule has 2 aliphatic heterocycles. The van der Waals surface area contributed by atoms with Crippen LogP contribution < -0.4 is 10.2 Å². The van der Waals surface area contributed by atoms with Gasteiger partial charge in [-0.15, -0.1) is 0 Å². The zero-order valence-corrected chi connectivity index (χ0v) is 16.5. The van der Waals surface area contributed by atoms with Crippen LogP contribution in [-0.2, 0) is 14.3 Å². The molecule has 0 aliphatic carbocycles. The summed E-state index contributed by atoms with van der Waals surface area (Å²) in [7, 11) is 0. The van der Waals surface area contributed by atoms with Crippen molar-refractivity contribution < 1.29 is 33.0 Å². The van der Waals surface area contributed by atoms with E-state index in [0.29, 0.717) is 18.5 Å². The smallest absolute Gasteiger partial charge is 0.414 e. The molecule has 1 fully saturated rings. The summed E-state index contributed by atoms with van der Waals surface area (Å²) < 4.78 is 39.9. The maximum atomic E-state index is 14.8. The Hall–Kier alpha value is -2.52. The Kier molecular flexibility index (Phi) is 5.90. The molecule has 0 radical (unpaired) electrons. The molecule has 0 aromatic heterocycles. The van der Waals surface area contributed by atoms with Crippen LogP contribution in [0.25, 0.3) is 5.57 Å². The average Bonchev–Trinajstić information content (AvgIpc) is 3.01. The van der Waals surface area contributed by atoms with Gasteiger partial charge in [-0.1, -0.05) is 6.08 Å². The number of benzene rings is 1. The zero-order valence-electron chi connectivity index (χ0n) is 16.5. The van der Waals surface area contributed by atoms with E-state index < -0.39 is 41.4 Å². The number of anilines is 1. The van der Waals surface area contributed by atoms with E-state index in [-0.39, 0.29) is 24.4 Å². The van der Waals surface area contributed by atoms with Crippen LogP contribution in [0, 0.1) is 11.6 Å². The highest BCUT2D eigenvalue weighted by Crippen LogP contribution is 2.32. The Morgan fingerprint density at radius 1 is 1.34 bits per heavy atom. The lowest BCUT2D eigenvalue weighted by molar-refractivity contribution is -0.156. The summed E-state index contributed by atoms with van der Waals surface area (Å²) in [6, 6.07) is 1.28. The van der Waals surface area contributed by atoms with E-state index in [2.05, 4.69) is 5.32 Å². The van der Waals surface area contributed by atoms with E-state index in [1.165, 1.54) is 6.08 Å². The van der Waals surface area contributed by atoms with Gasteiger partial charge in [0.2, 0.25) is 0 Å². The largest absolute Gasteiger partial charge is 0.459 e. The number of carbonyl (C=O) groups excluding carboxylic acids is 2. The van der Waals surface area contributed by atoms with Crippen LogP contribution in [0.4, 0.5) is 19.3 Å². The minimum absolute atomic E-state index is 0.000887. The number of rotatable bonds is 4. The van der Waals surface area contributed by atoms with Gasteiger partial charge < -0.3 is 19.9 Å². The van der Waals surface area contributed by atoms with Gasteiger partial charge in [0.15, 0.2) is 0 Å². The van der Waals surface area contributed by atoms with Crippen molar-refractivity contribution in [2.45, 2.75) is 44.9 Å². The van der Waals surface area contributed by atoms with Crippen LogP contribution in [0.2, 0.25) is 0 Å². The van der Waals surface area contributed by atoms with E-state index >= 15 is 0 Å². The van der Waals surface area contributed by atoms with Gasteiger partial charge >= 0.3 is 12.1 Å². The Labute approximate surface area is 167 Å². The summed E-state index contributed by atoms with van der Waals surface area (Å²) >= 11 is 0. The third-order valence-corrected chi connectivity index (χ3v) is 4.52. The first-order valence-electron chi connectivity index (χ1n) is 9.34. The molecule has 1 unspecified atom stereocenters. The average molecular weight is 410 g/mol. The Morgan fingerprint density at radius 3 is 2.55 bits per heavy atom. The number of aliphatic hydroxyl groups excluding tert-OH is 1. The quantitative estimate of drug-likeness (QED) is 0.741. The van der Waals surface area contributed by atoms with E-state index in [0.717, 1.165) is 17.0 Å². The summed E-state index contributed by atoms with van der Waals surface area (Å²) in [5.41, 5.74) is -0.574. The number of amides is 1. The van der Waals surface area contributed by atoms with Crippen molar-refractivity contribution in [2.24, 2.45) is 0 Å². The molecule has 0 spiro atoms. The first kappa shape index (κ1) is 21.2. The molecule has 9 heteroatoms. The molecule has 2 N–H and O–H groups in total. The lowest BCUT2D eigenvalue weighted by Crippen LogP contribution is -2.42. The Morgan fingerprint density at radius 2 is 2.00 bits per heavy atom. The third-order valence-electron chi connectivity index (χ3n) is 4.52. The number of esters is 1. The van der Waals surface area contributed by atoms with Crippen LogP contribution in [0.3, 0.4) is 0 Å². The zero-order chi connectivity index (χ0) is 21.3. The van der Waals surface area contributed by atoms with E-state index in [4.69, 9.17) is 14.6 Å². The fourth-order valence-electron chi connectivity index (χ4n) is 3.28. The maximum Gasteiger partial charge on any atom is 0.414 e. The molecule has 29 heavy (non-hydrogen) atoms. The highest BCUT2D eigenvalue weighted by Gasteiger charge is 2.33. The predicted molar refractivity (Wildman–Crippen MR) is 101 cm³/mol. The summed E-state index contributed by atoms with van der Waals surface area (Å²) in [5, 5.41) is 12.1. The molecule has 2 aliphatic rings. The number of nitrogens with zero attached hydrogens (tertiary/aromatic N) is 1. The van der Waals surface area contributed by atoms with Crippen molar-refractivity contribution in [3.63, 3.8) is 0 Å². The summed E-state index contributed by atoms with van der Waals surface area (Å²) in [6.45, 7) is 5.19. The number of halogens is 2. The number of aliphatic hydroxyl groups is 1. The number of nitrogens with one attached hydrogen (secondary N) is 1. The van der Waals surface area contributed by atoms with Gasteiger partial charge in [-0.3, -0.25) is 4.90 Å². The van der Waals surface area contributed by atoms with Crippen LogP contribution in [0.15, 0.2) is 18.2 Å². The number of hydrogen-bond donors (Lipinski definition) is 2. The molecular weight excluding hydrogens is 386 g/mol. The molecule has 1 saturated heterocycles. The number of hydrogen-bond acceptors (Lipinski definition) is 6. The molecular formula is C20H24F2N2O5. The van der Waals surface area contributed by atoms with Crippen LogP contribution in [0.5, 0.6) is 0 Å². The number of carbonyl (C=O) groups is 2. The minimum Gasteiger partial charge on any atom is -0.459 e. The first-order valence-corrected chi connectivity index (χ1v) is 9.34. The molecule has 7 nitrogen and oxygen atoms in total. The van der Waals surface area contributed by atoms with Gasteiger partial charge in [0.1, 0.15) is 29.4 Å². The second kappa shape index (κ2) is 8.08. The van der Waals surface area contributed by atoms with Gasteiger partial charge in [0, 0.05) is 12.1 Å². The predicted octanol–water partition coefficient (Wildman–Crippen LogP) is 2.37. The second-order valence-corrected chi connectivity index (χ2v) is 7.99. The van der Waals surface area contributed by atoms with Crippen LogP contribution in [0.1, 0.15) is 32.8 Å². The molecule has 0 bridgehead atoms. The van der Waals surface area contributed by atoms with Gasteiger partial charge in [-0.05, 0) is 44.9 Å².